The molecule has 2 amide bonds. The van der Waals surface area contributed by atoms with Crippen LogP contribution in [-0.2, 0) is 9.59 Å². The van der Waals surface area contributed by atoms with Crippen molar-refractivity contribution >= 4 is 35.6 Å². The molecule has 3 N–H and O–H groups in total. The average molecular weight is 324 g/mol. The van der Waals surface area contributed by atoms with Crippen LogP contribution >= 0.6 is 12.4 Å². The molecule has 2 fully saturated rings. The molecule has 0 bridgehead atoms. The summed E-state index contributed by atoms with van der Waals surface area (Å²) in [5, 5.41) is 9.02. The van der Waals surface area contributed by atoms with Gasteiger partial charge in [-0.05, 0) is 56.5 Å². The number of benzene rings is 1. The van der Waals surface area contributed by atoms with Gasteiger partial charge in [0.15, 0.2) is 0 Å². The third-order valence-electron chi connectivity index (χ3n) is 3.99. The molecule has 1 saturated heterocycles. The quantitative estimate of drug-likeness (QED) is 0.797. The monoisotopic (exact) mass is 323 g/mol. The third-order valence-corrected chi connectivity index (χ3v) is 3.99. The zero-order valence-corrected chi connectivity index (χ0v) is 13.2. The number of halogens is 1. The summed E-state index contributed by atoms with van der Waals surface area (Å²) in [5.41, 5.74) is 1.54. The van der Waals surface area contributed by atoms with E-state index >= 15 is 0 Å². The van der Waals surface area contributed by atoms with Gasteiger partial charge in [-0.25, -0.2) is 0 Å². The van der Waals surface area contributed by atoms with Crippen LogP contribution in [0.2, 0.25) is 0 Å². The molecular weight excluding hydrogens is 302 g/mol. The van der Waals surface area contributed by atoms with Crippen molar-refractivity contribution in [2.45, 2.75) is 38.1 Å². The van der Waals surface area contributed by atoms with Crippen molar-refractivity contribution in [3.63, 3.8) is 0 Å². The number of rotatable bonds is 4. The highest BCUT2D eigenvalue weighted by atomic mass is 35.5. The van der Waals surface area contributed by atoms with Gasteiger partial charge in [-0.3, -0.25) is 9.59 Å². The Kier molecular flexibility index (Phi) is 5.80. The molecule has 120 valence electrons. The minimum Gasteiger partial charge on any atom is -0.326 e. The van der Waals surface area contributed by atoms with Gasteiger partial charge in [0, 0.05) is 17.3 Å². The van der Waals surface area contributed by atoms with Crippen LogP contribution < -0.4 is 16.0 Å². The van der Waals surface area contributed by atoms with Gasteiger partial charge >= 0.3 is 0 Å². The summed E-state index contributed by atoms with van der Waals surface area (Å²) in [6.45, 7) is 0.907. The van der Waals surface area contributed by atoms with Crippen LogP contribution in [0.1, 0.15) is 32.1 Å². The maximum absolute atomic E-state index is 12.1. The summed E-state index contributed by atoms with van der Waals surface area (Å²) in [7, 11) is 0. The minimum atomic E-state index is -0.0898. The van der Waals surface area contributed by atoms with E-state index in [1.165, 1.54) is 0 Å². The number of carbonyl (C=O) groups is 2. The molecule has 0 radical (unpaired) electrons. The lowest BCUT2D eigenvalue weighted by atomic mass is 10.0. The van der Waals surface area contributed by atoms with Gasteiger partial charge in [0.2, 0.25) is 11.8 Å². The first-order valence-corrected chi connectivity index (χ1v) is 7.67. The first-order chi connectivity index (χ1) is 10.2. The van der Waals surface area contributed by atoms with E-state index in [2.05, 4.69) is 16.0 Å². The number of carbonyl (C=O) groups excluding carboxylic acids is 2. The number of piperidine rings is 1. The molecule has 22 heavy (non-hydrogen) atoms. The Morgan fingerprint density at radius 1 is 0.909 bits per heavy atom. The second-order valence-electron chi connectivity index (χ2n) is 5.83. The topological polar surface area (TPSA) is 70.2 Å². The predicted octanol–water partition coefficient (Wildman–Crippen LogP) is 2.54. The van der Waals surface area contributed by atoms with Crippen LogP contribution in [-0.4, -0.2) is 24.4 Å². The van der Waals surface area contributed by atoms with E-state index in [0.717, 1.165) is 50.0 Å². The van der Waals surface area contributed by atoms with Gasteiger partial charge in [0.05, 0.1) is 6.04 Å². The molecule has 0 unspecified atom stereocenters. The Morgan fingerprint density at radius 2 is 1.50 bits per heavy atom. The van der Waals surface area contributed by atoms with Crippen LogP contribution in [0.4, 0.5) is 11.4 Å². The highest BCUT2D eigenvalue weighted by Gasteiger charge is 2.29. The standard InChI is InChI=1S/C16H21N3O2.ClH/c20-15(11-4-5-11)18-12-6-8-13(9-7-12)19-16(21)14-3-1-2-10-17-14;/h6-9,11,14,17H,1-5,10H2,(H,18,20)(H,19,21);1H/t14-;/m1./s1. The number of hydrogen-bond donors (Lipinski definition) is 3. The van der Waals surface area contributed by atoms with E-state index in [4.69, 9.17) is 0 Å². The summed E-state index contributed by atoms with van der Waals surface area (Å²) >= 11 is 0. The smallest absolute Gasteiger partial charge is 0.241 e. The first-order valence-electron chi connectivity index (χ1n) is 7.67. The van der Waals surface area contributed by atoms with Crippen LogP contribution in [0.15, 0.2) is 24.3 Å². The lowest BCUT2D eigenvalue weighted by Crippen LogP contribution is -2.43. The fraction of sp³-hybridized carbons (Fsp3) is 0.500. The molecule has 0 aromatic heterocycles. The van der Waals surface area contributed by atoms with E-state index in [1.807, 2.05) is 24.3 Å². The van der Waals surface area contributed by atoms with E-state index in [-0.39, 0.29) is 36.2 Å². The molecular formula is C16H22ClN3O2. The minimum absolute atomic E-state index is 0. The Balaban J connectivity index is 0.00000176. The largest absolute Gasteiger partial charge is 0.326 e. The Morgan fingerprint density at radius 3 is 2.00 bits per heavy atom. The van der Waals surface area contributed by atoms with Crippen LogP contribution in [0.3, 0.4) is 0 Å². The SMILES string of the molecule is Cl.O=C(Nc1ccc(NC(=O)[C@H]2CCCCN2)cc1)C1CC1. The van der Waals surface area contributed by atoms with Gasteiger partial charge < -0.3 is 16.0 Å². The average Bonchev–Trinajstić information content (AvgIpc) is 3.35. The molecule has 1 aliphatic carbocycles. The second-order valence-corrected chi connectivity index (χ2v) is 5.83. The van der Waals surface area contributed by atoms with Crippen molar-refractivity contribution in [2.24, 2.45) is 5.92 Å². The van der Waals surface area contributed by atoms with E-state index in [1.54, 1.807) is 0 Å². The summed E-state index contributed by atoms with van der Waals surface area (Å²) in [4.78, 5) is 23.7. The number of anilines is 2. The summed E-state index contributed by atoms with van der Waals surface area (Å²) < 4.78 is 0. The van der Waals surface area contributed by atoms with Crippen molar-refractivity contribution in [1.82, 2.24) is 5.32 Å². The van der Waals surface area contributed by atoms with Crippen molar-refractivity contribution < 1.29 is 9.59 Å². The molecule has 1 aromatic carbocycles. The van der Waals surface area contributed by atoms with Crippen molar-refractivity contribution in [1.29, 1.82) is 0 Å². The molecule has 6 heteroatoms. The number of amides is 2. The van der Waals surface area contributed by atoms with E-state index in [0.29, 0.717) is 0 Å². The van der Waals surface area contributed by atoms with Gasteiger partial charge in [0.25, 0.3) is 0 Å². The molecule has 2 aliphatic rings. The van der Waals surface area contributed by atoms with Crippen molar-refractivity contribution in [3.05, 3.63) is 24.3 Å². The highest BCUT2D eigenvalue weighted by Crippen LogP contribution is 2.30. The molecule has 1 aromatic rings. The lowest BCUT2D eigenvalue weighted by Gasteiger charge is -2.22. The Labute approximate surface area is 136 Å². The molecule has 5 nitrogen and oxygen atoms in total. The van der Waals surface area contributed by atoms with E-state index in [9.17, 15) is 9.59 Å². The molecule has 0 spiro atoms. The van der Waals surface area contributed by atoms with Crippen LogP contribution in [0.25, 0.3) is 0 Å². The van der Waals surface area contributed by atoms with E-state index < -0.39 is 0 Å². The summed E-state index contributed by atoms with van der Waals surface area (Å²) in [5.74, 6) is 0.310. The van der Waals surface area contributed by atoms with Gasteiger partial charge in [-0.1, -0.05) is 6.42 Å². The fourth-order valence-electron chi connectivity index (χ4n) is 2.53. The van der Waals surface area contributed by atoms with Gasteiger partial charge in [0.1, 0.15) is 0 Å². The van der Waals surface area contributed by atoms with Crippen molar-refractivity contribution in [3.8, 4) is 0 Å². The molecule has 1 saturated carbocycles. The van der Waals surface area contributed by atoms with Gasteiger partial charge in [-0.15, -0.1) is 12.4 Å². The highest BCUT2D eigenvalue weighted by molar-refractivity contribution is 5.96. The van der Waals surface area contributed by atoms with Crippen molar-refractivity contribution in [2.75, 3.05) is 17.2 Å². The number of hydrogen-bond acceptors (Lipinski definition) is 3. The summed E-state index contributed by atoms with van der Waals surface area (Å²) in [6.07, 6.45) is 5.11. The molecule has 3 rings (SSSR count). The molecule has 1 heterocycles. The summed E-state index contributed by atoms with van der Waals surface area (Å²) in [6, 6.07) is 7.20. The molecule has 1 atom stereocenters. The third kappa shape index (κ3) is 4.45. The first kappa shape index (κ1) is 16.8. The predicted molar refractivity (Wildman–Crippen MR) is 89.3 cm³/mol. The molecule has 1 aliphatic heterocycles. The van der Waals surface area contributed by atoms with Gasteiger partial charge in [-0.2, -0.15) is 0 Å². The second kappa shape index (κ2) is 7.61. The lowest BCUT2D eigenvalue weighted by molar-refractivity contribution is -0.119. The Hall–Kier alpha value is -1.59. The Bertz CT molecular complexity index is 523. The van der Waals surface area contributed by atoms with Crippen LogP contribution in [0.5, 0.6) is 0 Å². The zero-order chi connectivity index (χ0) is 14.7. The maximum Gasteiger partial charge on any atom is 0.241 e. The maximum atomic E-state index is 12.1. The van der Waals surface area contributed by atoms with Crippen LogP contribution in [0, 0.1) is 5.92 Å². The number of nitrogens with one attached hydrogen (secondary N) is 3. The fourth-order valence-corrected chi connectivity index (χ4v) is 2.53. The normalized spacial score (nSPS) is 20.6. The zero-order valence-electron chi connectivity index (χ0n) is 12.4.